The van der Waals surface area contributed by atoms with Crippen molar-refractivity contribution in [1.29, 1.82) is 0 Å². The van der Waals surface area contributed by atoms with Crippen molar-refractivity contribution in [2.75, 3.05) is 6.61 Å². The lowest BCUT2D eigenvalue weighted by Crippen LogP contribution is -2.57. The van der Waals surface area contributed by atoms with Crippen molar-refractivity contribution in [3.63, 3.8) is 0 Å². The molecule has 0 aromatic heterocycles. The molecule has 5 nitrogen and oxygen atoms in total. The summed E-state index contributed by atoms with van der Waals surface area (Å²) in [5.74, 6) is -0.353. The molecule has 0 amide bonds. The van der Waals surface area contributed by atoms with Gasteiger partial charge >= 0.3 is 5.97 Å². The summed E-state index contributed by atoms with van der Waals surface area (Å²) in [5, 5.41) is 0. The Morgan fingerprint density at radius 2 is 2.09 bits per heavy atom. The summed E-state index contributed by atoms with van der Waals surface area (Å²) < 4.78 is 17.6. The highest BCUT2D eigenvalue weighted by atomic mass is 16.7. The van der Waals surface area contributed by atoms with Gasteiger partial charge in [-0.15, -0.1) is 0 Å². The highest BCUT2D eigenvalue weighted by molar-refractivity contribution is 5.66. The summed E-state index contributed by atoms with van der Waals surface area (Å²) in [6, 6.07) is 0. The number of hydrogen-bond acceptors (Lipinski definition) is 5. The molecule has 2 saturated heterocycles. The molecule has 0 radical (unpaired) electrons. The second-order valence-corrected chi connectivity index (χ2v) is 7.60. The van der Waals surface area contributed by atoms with E-state index in [4.69, 9.17) is 14.2 Å². The number of aldehydes is 1. The molecule has 0 N–H and O–H groups in total. The van der Waals surface area contributed by atoms with Crippen LogP contribution in [0.4, 0.5) is 0 Å². The summed E-state index contributed by atoms with van der Waals surface area (Å²) in [7, 11) is 0. The smallest absolute Gasteiger partial charge is 0.302 e. The number of carbonyl (C=O) groups excluding carboxylic acids is 2. The number of ether oxygens (including phenoxy) is 3. The zero-order chi connectivity index (χ0) is 16.1. The molecule has 1 spiro atoms. The van der Waals surface area contributed by atoms with Crippen LogP contribution in [0.15, 0.2) is 0 Å². The van der Waals surface area contributed by atoms with Gasteiger partial charge in [-0.3, -0.25) is 4.79 Å². The van der Waals surface area contributed by atoms with Gasteiger partial charge in [-0.25, -0.2) is 0 Å². The Hall–Kier alpha value is -0.940. The first-order valence-corrected chi connectivity index (χ1v) is 8.25. The van der Waals surface area contributed by atoms with Crippen molar-refractivity contribution >= 4 is 12.3 Å². The normalized spacial score (nSPS) is 46.5. The van der Waals surface area contributed by atoms with Gasteiger partial charge in [0.2, 0.25) is 0 Å². The van der Waals surface area contributed by atoms with Crippen LogP contribution in [-0.4, -0.2) is 36.9 Å². The van der Waals surface area contributed by atoms with Crippen molar-refractivity contribution in [3.8, 4) is 0 Å². The molecule has 0 aromatic carbocycles. The van der Waals surface area contributed by atoms with Crippen LogP contribution in [0.25, 0.3) is 0 Å². The Morgan fingerprint density at radius 1 is 1.36 bits per heavy atom. The molecule has 6 atom stereocenters. The monoisotopic (exact) mass is 310 g/mol. The molecule has 2 aliphatic heterocycles. The zero-order valence-corrected chi connectivity index (χ0v) is 13.8. The minimum atomic E-state index is -0.380. The van der Waals surface area contributed by atoms with Crippen molar-refractivity contribution in [3.05, 3.63) is 0 Å². The van der Waals surface area contributed by atoms with Crippen LogP contribution >= 0.6 is 0 Å². The minimum Gasteiger partial charge on any atom is -0.462 e. The first-order chi connectivity index (χ1) is 10.3. The highest BCUT2D eigenvalue weighted by Crippen LogP contribution is 2.63. The molecule has 1 aliphatic carbocycles. The van der Waals surface area contributed by atoms with Crippen molar-refractivity contribution < 1.29 is 23.8 Å². The van der Waals surface area contributed by atoms with Crippen LogP contribution in [0, 0.1) is 23.2 Å². The van der Waals surface area contributed by atoms with Crippen molar-refractivity contribution in [2.24, 2.45) is 23.2 Å². The first kappa shape index (κ1) is 15.9. The van der Waals surface area contributed by atoms with Gasteiger partial charge in [-0.05, 0) is 33.1 Å². The van der Waals surface area contributed by atoms with Gasteiger partial charge in [0.05, 0.1) is 5.60 Å². The molecule has 2 heterocycles. The van der Waals surface area contributed by atoms with Crippen LogP contribution in [0.5, 0.6) is 0 Å². The average Bonchev–Trinajstić information content (AvgIpc) is 2.67. The molecule has 22 heavy (non-hydrogen) atoms. The molecule has 3 rings (SSSR count). The Morgan fingerprint density at radius 3 is 2.73 bits per heavy atom. The number of hydrogen-bond donors (Lipinski definition) is 0. The minimum absolute atomic E-state index is 0.0145. The van der Waals surface area contributed by atoms with Gasteiger partial charge < -0.3 is 19.0 Å². The Balaban J connectivity index is 2.01. The molecule has 1 saturated carbocycles. The fourth-order valence-corrected chi connectivity index (χ4v) is 5.18. The molecule has 3 aliphatic rings. The SMILES string of the molecule is CC(=O)O[C@H]1C[C@H]2C(C)(C)O[C@@H]3OCCC[C@@]32[C@@H](C=O)[C@H]1C. The Bertz CT molecular complexity index is 474. The molecule has 0 aromatic rings. The van der Waals surface area contributed by atoms with Crippen LogP contribution in [0.2, 0.25) is 0 Å². The molecule has 0 unspecified atom stereocenters. The van der Waals surface area contributed by atoms with E-state index in [2.05, 4.69) is 13.8 Å². The van der Waals surface area contributed by atoms with E-state index in [1.54, 1.807) is 0 Å². The van der Waals surface area contributed by atoms with Crippen LogP contribution in [0.3, 0.4) is 0 Å². The van der Waals surface area contributed by atoms with E-state index in [1.165, 1.54) is 6.92 Å². The van der Waals surface area contributed by atoms with E-state index >= 15 is 0 Å². The summed E-state index contributed by atoms with van der Waals surface area (Å²) in [4.78, 5) is 23.4. The van der Waals surface area contributed by atoms with Gasteiger partial charge in [0.25, 0.3) is 0 Å². The second kappa shape index (κ2) is 5.31. The third kappa shape index (κ3) is 2.13. The van der Waals surface area contributed by atoms with Crippen molar-refractivity contribution in [1.82, 2.24) is 0 Å². The number of carbonyl (C=O) groups is 2. The molecule has 5 heteroatoms. The first-order valence-electron chi connectivity index (χ1n) is 8.25. The third-order valence-corrected chi connectivity index (χ3v) is 6.07. The van der Waals surface area contributed by atoms with E-state index < -0.39 is 0 Å². The Kier molecular flexibility index (Phi) is 3.84. The van der Waals surface area contributed by atoms with Crippen molar-refractivity contribution in [2.45, 2.75) is 65.0 Å². The summed E-state index contributed by atoms with van der Waals surface area (Å²) in [5.41, 5.74) is -0.658. The second-order valence-electron chi connectivity index (χ2n) is 7.60. The van der Waals surface area contributed by atoms with Crippen LogP contribution in [-0.2, 0) is 23.8 Å². The summed E-state index contributed by atoms with van der Waals surface area (Å²) >= 11 is 0. The maximum atomic E-state index is 12.0. The Labute approximate surface area is 131 Å². The highest BCUT2D eigenvalue weighted by Gasteiger charge is 2.68. The predicted molar refractivity (Wildman–Crippen MR) is 79.0 cm³/mol. The maximum absolute atomic E-state index is 12.0. The topological polar surface area (TPSA) is 61.8 Å². The zero-order valence-electron chi connectivity index (χ0n) is 13.8. The number of esters is 1. The summed E-state index contributed by atoms with van der Waals surface area (Å²) in [6.07, 6.45) is 3.11. The molecule has 124 valence electrons. The van der Waals surface area contributed by atoms with Gasteiger partial charge in [0.15, 0.2) is 6.29 Å². The third-order valence-electron chi connectivity index (χ3n) is 6.07. The van der Waals surface area contributed by atoms with E-state index in [9.17, 15) is 9.59 Å². The molecule has 0 bridgehead atoms. The van der Waals surface area contributed by atoms with E-state index in [0.717, 1.165) is 25.5 Å². The fraction of sp³-hybridized carbons (Fsp3) is 0.882. The van der Waals surface area contributed by atoms with Crippen LogP contribution < -0.4 is 0 Å². The van der Waals surface area contributed by atoms with E-state index in [0.29, 0.717) is 6.61 Å². The molecular formula is C17H26O5. The molecular weight excluding hydrogens is 284 g/mol. The largest absolute Gasteiger partial charge is 0.462 e. The van der Waals surface area contributed by atoms with Gasteiger partial charge in [0.1, 0.15) is 12.4 Å². The molecule has 3 fully saturated rings. The lowest BCUT2D eigenvalue weighted by Gasteiger charge is -2.53. The van der Waals surface area contributed by atoms with Crippen LogP contribution in [0.1, 0.15) is 47.0 Å². The lowest BCUT2D eigenvalue weighted by atomic mass is 9.52. The van der Waals surface area contributed by atoms with E-state index in [-0.39, 0.29) is 47.1 Å². The standard InChI is InChI=1S/C17H26O5/c1-10-12(9-18)17-6-5-7-20-15(17)22-16(3,4)14(17)8-13(10)21-11(2)19/h9-10,12-15H,5-8H2,1-4H3/t10-,12+,13+,14+,15+,17+/m1/s1. The van der Waals surface area contributed by atoms with Gasteiger partial charge in [0, 0.05) is 36.7 Å². The van der Waals surface area contributed by atoms with Gasteiger partial charge in [-0.1, -0.05) is 6.92 Å². The maximum Gasteiger partial charge on any atom is 0.302 e. The number of rotatable bonds is 2. The lowest BCUT2D eigenvalue weighted by molar-refractivity contribution is -0.230. The van der Waals surface area contributed by atoms with Gasteiger partial charge in [-0.2, -0.15) is 0 Å². The van der Waals surface area contributed by atoms with E-state index in [1.807, 2.05) is 6.92 Å². The predicted octanol–water partition coefficient (Wildman–Crippen LogP) is 2.32. The fourth-order valence-electron chi connectivity index (χ4n) is 5.18. The average molecular weight is 310 g/mol. The quantitative estimate of drug-likeness (QED) is 0.578. The summed E-state index contributed by atoms with van der Waals surface area (Å²) in [6.45, 7) is 8.24.